The van der Waals surface area contributed by atoms with Crippen LogP contribution in [0.2, 0.25) is 0 Å². The Balaban J connectivity index is 2.41. The second-order valence-electron chi connectivity index (χ2n) is 6.22. The third-order valence-corrected chi connectivity index (χ3v) is 4.05. The Morgan fingerprint density at radius 2 is 1.84 bits per heavy atom. The van der Waals surface area contributed by atoms with E-state index in [9.17, 15) is 4.79 Å². The number of hydrogen-bond acceptors (Lipinski definition) is 2. The molecule has 0 aliphatic carbocycles. The molecule has 1 amide bonds. The van der Waals surface area contributed by atoms with E-state index in [2.05, 4.69) is 45.6 Å². The van der Waals surface area contributed by atoms with Crippen LogP contribution in [0.15, 0.2) is 30.3 Å². The lowest BCUT2D eigenvalue weighted by Crippen LogP contribution is -2.38. The molecule has 0 aliphatic rings. The normalized spacial score (nSPS) is 14.8. The maximum absolute atomic E-state index is 12.0. The number of nitrogens with one attached hydrogen (secondary N) is 1. The van der Waals surface area contributed by atoms with Crippen molar-refractivity contribution >= 4 is 18.5 Å². The summed E-state index contributed by atoms with van der Waals surface area (Å²) < 4.78 is 0. The average molecular weight is 279 g/mol. The number of hydrogen-bond donors (Lipinski definition) is 2. The summed E-state index contributed by atoms with van der Waals surface area (Å²) in [6.45, 7) is 9.42. The number of carbonyl (C=O) groups excluding carboxylic acids is 1. The predicted molar refractivity (Wildman–Crippen MR) is 84.5 cm³/mol. The standard InChI is InChI=1S/C16H25NOS/c1-12(16(2,3)4)11-17-15(18)14(19)10-13-8-6-5-7-9-13/h5-9,12,14,19H,10-11H2,1-4H3,(H,17,18). The molecule has 2 nitrogen and oxygen atoms in total. The Kier molecular flexibility index (Phi) is 5.92. The topological polar surface area (TPSA) is 29.1 Å². The molecule has 2 unspecified atom stereocenters. The van der Waals surface area contributed by atoms with Gasteiger partial charge in [0.25, 0.3) is 0 Å². The summed E-state index contributed by atoms with van der Waals surface area (Å²) in [5.74, 6) is 0.456. The van der Waals surface area contributed by atoms with Crippen molar-refractivity contribution in [3.63, 3.8) is 0 Å². The first-order valence-electron chi connectivity index (χ1n) is 6.80. The Morgan fingerprint density at radius 1 is 1.26 bits per heavy atom. The first-order valence-corrected chi connectivity index (χ1v) is 7.32. The molecule has 2 atom stereocenters. The molecule has 0 heterocycles. The number of amides is 1. The largest absolute Gasteiger partial charge is 0.355 e. The Labute approximate surface area is 122 Å². The van der Waals surface area contributed by atoms with E-state index in [-0.39, 0.29) is 16.6 Å². The molecule has 106 valence electrons. The molecule has 19 heavy (non-hydrogen) atoms. The zero-order valence-electron chi connectivity index (χ0n) is 12.3. The lowest BCUT2D eigenvalue weighted by Gasteiger charge is -2.27. The second kappa shape index (κ2) is 6.99. The fraction of sp³-hybridized carbons (Fsp3) is 0.562. The predicted octanol–water partition coefficient (Wildman–Crippen LogP) is 3.33. The van der Waals surface area contributed by atoms with Gasteiger partial charge in [0.2, 0.25) is 5.91 Å². The molecule has 0 radical (unpaired) electrons. The van der Waals surface area contributed by atoms with Crippen LogP contribution < -0.4 is 5.32 Å². The molecule has 0 spiro atoms. The van der Waals surface area contributed by atoms with Crippen LogP contribution in [-0.2, 0) is 11.2 Å². The van der Waals surface area contributed by atoms with Gasteiger partial charge in [0.15, 0.2) is 0 Å². The molecule has 0 fully saturated rings. The molecule has 0 bridgehead atoms. The summed E-state index contributed by atoms with van der Waals surface area (Å²) in [7, 11) is 0. The van der Waals surface area contributed by atoms with Crippen LogP contribution >= 0.6 is 12.6 Å². The third kappa shape index (κ3) is 5.68. The molecule has 3 heteroatoms. The van der Waals surface area contributed by atoms with Gasteiger partial charge in [0, 0.05) is 6.54 Å². The molecule has 0 aromatic heterocycles. The van der Waals surface area contributed by atoms with Gasteiger partial charge < -0.3 is 5.32 Å². The van der Waals surface area contributed by atoms with Gasteiger partial charge in [-0.2, -0.15) is 12.6 Å². The first kappa shape index (κ1) is 16.1. The summed E-state index contributed by atoms with van der Waals surface area (Å²) in [5, 5.41) is 2.71. The minimum absolute atomic E-state index is 0.0169. The van der Waals surface area contributed by atoms with Crippen LogP contribution in [0, 0.1) is 11.3 Å². The maximum Gasteiger partial charge on any atom is 0.233 e. The summed E-state index contributed by atoms with van der Waals surface area (Å²) in [4.78, 5) is 12.0. The van der Waals surface area contributed by atoms with Gasteiger partial charge >= 0.3 is 0 Å². The van der Waals surface area contributed by atoms with Crippen molar-refractivity contribution in [3.8, 4) is 0 Å². The van der Waals surface area contributed by atoms with E-state index in [1.165, 1.54) is 0 Å². The lowest BCUT2D eigenvalue weighted by molar-refractivity contribution is -0.120. The zero-order valence-corrected chi connectivity index (χ0v) is 13.2. The molecule has 1 aromatic carbocycles. The van der Waals surface area contributed by atoms with Crippen LogP contribution in [0.1, 0.15) is 33.3 Å². The van der Waals surface area contributed by atoms with Crippen LogP contribution in [0.5, 0.6) is 0 Å². The summed E-state index contributed by atoms with van der Waals surface area (Å²) in [6.07, 6.45) is 0.666. The minimum Gasteiger partial charge on any atom is -0.355 e. The van der Waals surface area contributed by atoms with Gasteiger partial charge in [-0.1, -0.05) is 58.0 Å². The van der Waals surface area contributed by atoms with Crippen molar-refractivity contribution in [1.29, 1.82) is 0 Å². The van der Waals surface area contributed by atoms with E-state index >= 15 is 0 Å². The molecule has 0 saturated heterocycles. The SMILES string of the molecule is CC(CNC(=O)C(S)Cc1ccccc1)C(C)(C)C. The van der Waals surface area contributed by atoms with Crippen molar-refractivity contribution < 1.29 is 4.79 Å². The van der Waals surface area contributed by atoms with Crippen molar-refractivity contribution in [2.45, 2.75) is 39.4 Å². The lowest BCUT2D eigenvalue weighted by atomic mass is 9.82. The monoisotopic (exact) mass is 279 g/mol. The van der Waals surface area contributed by atoms with Gasteiger partial charge in [0.1, 0.15) is 0 Å². The average Bonchev–Trinajstić information content (AvgIpc) is 2.35. The highest BCUT2D eigenvalue weighted by molar-refractivity contribution is 7.81. The summed E-state index contributed by atoms with van der Waals surface area (Å²) in [6, 6.07) is 9.98. The molecule has 1 aromatic rings. The van der Waals surface area contributed by atoms with E-state index in [0.717, 1.165) is 5.56 Å². The Bertz CT molecular complexity index is 397. The van der Waals surface area contributed by atoms with E-state index in [4.69, 9.17) is 0 Å². The van der Waals surface area contributed by atoms with E-state index < -0.39 is 0 Å². The molecular weight excluding hydrogens is 254 g/mol. The van der Waals surface area contributed by atoms with Gasteiger partial charge in [-0.3, -0.25) is 4.79 Å². The van der Waals surface area contributed by atoms with Gasteiger partial charge in [-0.05, 0) is 23.3 Å². The molecule has 1 N–H and O–H groups in total. The van der Waals surface area contributed by atoms with E-state index in [1.54, 1.807) is 0 Å². The van der Waals surface area contributed by atoms with Crippen LogP contribution in [0.3, 0.4) is 0 Å². The van der Waals surface area contributed by atoms with Crippen molar-refractivity contribution in [3.05, 3.63) is 35.9 Å². The number of carbonyl (C=O) groups is 1. The summed E-state index contributed by atoms with van der Waals surface area (Å²) >= 11 is 4.40. The minimum atomic E-state index is -0.283. The van der Waals surface area contributed by atoms with Gasteiger partial charge in [0.05, 0.1) is 5.25 Å². The molecule has 0 aliphatic heterocycles. The highest BCUT2D eigenvalue weighted by Gasteiger charge is 2.21. The first-order chi connectivity index (χ1) is 8.80. The van der Waals surface area contributed by atoms with Crippen LogP contribution in [-0.4, -0.2) is 17.7 Å². The van der Waals surface area contributed by atoms with Gasteiger partial charge in [-0.15, -0.1) is 0 Å². The maximum atomic E-state index is 12.0. The fourth-order valence-electron chi connectivity index (χ4n) is 1.61. The quantitative estimate of drug-likeness (QED) is 0.795. The van der Waals surface area contributed by atoms with Crippen LogP contribution in [0.4, 0.5) is 0 Å². The highest BCUT2D eigenvalue weighted by Crippen LogP contribution is 2.24. The molecule has 0 saturated carbocycles. The van der Waals surface area contributed by atoms with E-state index in [1.807, 2.05) is 30.3 Å². The molecular formula is C16H25NOS. The van der Waals surface area contributed by atoms with Crippen molar-refractivity contribution in [2.24, 2.45) is 11.3 Å². The van der Waals surface area contributed by atoms with Gasteiger partial charge in [-0.25, -0.2) is 0 Å². The number of benzene rings is 1. The zero-order chi connectivity index (χ0) is 14.5. The molecule has 1 rings (SSSR count). The highest BCUT2D eigenvalue weighted by atomic mass is 32.1. The number of thiol groups is 1. The smallest absolute Gasteiger partial charge is 0.233 e. The second-order valence-corrected chi connectivity index (χ2v) is 6.84. The van der Waals surface area contributed by atoms with E-state index in [0.29, 0.717) is 18.9 Å². The Hall–Kier alpha value is -0.960. The van der Waals surface area contributed by atoms with Crippen LogP contribution in [0.25, 0.3) is 0 Å². The summed E-state index contributed by atoms with van der Waals surface area (Å²) in [5.41, 5.74) is 1.35. The van der Waals surface area contributed by atoms with Crippen molar-refractivity contribution in [1.82, 2.24) is 5.32 Å². The van der Waals surface area contributed by atoms with Crippen molar-refractivity contribution in [2.75, 3.05) is 6.54 Å². The Morgan fingerprint density at radius 3 is 2.37 bits per heavy atom. The number of rotatable bonds is 5. The third-order valence-electron chi connectivity index (χ3n) is 3.64. The fourth-order valence-corrected chi connectivity index (χ4v) is 1.91.